The predicted octanol–water partition coefficient (Wildman–Crippen LogP) is 3.86. The maximum absolute atomic E-state index is 11.9. The standard InChI is InChI=1S/C18H30N2O2/c1-6-18(7-2,14-19-16(21)22-17(3,4)5)20-13-15-11-9-8-10-12-15/h8-12,20H,6-7,13-14H2,1-5H3,(H,19,21). The third-order valence-electron chi connectivity index (χ3n) is 3.83. The SMILES string of the molecule is CCC(CC)(CNC(=O)OC(C)(C)C)NCc1ccccc1. The number of benzene rings is 1. The van der Waals surface area contributed by atoms with Crippen LogP contribution in [0, 0.1) is 0 Å². The quantitative estimate of drug-likeness (QED) is 0.804. The fourth-order valence-electron chi connectivity index (χ4n) is 2.25. The fourth-order valence-corrected chi connectivity index (χ4v) is 2.25. The molecule has 1 aromatic carbocycles. The first-order valence-electron chi connectivity index (χ1n) is 8.06. The van der Waals surface area contributed by atoms with Crippen molar-refractivity contribution in [2.45, 2.75) is 65.1 Å². The van der Waals surface area contributed by atoms with Gasteiger partial charge in [-0.25, -0.2) is 4.79 Å². The highest BCUT2D eigenvalue weighted by atomic mass is 16.6. The van der Waals surface area contributed by atoms with Crippen molar-refractivity contribution in [1.82, 2.24) is 10.6 Å². The highest BCUT2D eigenvalue weighted by Gasteiger charge is 2.27. The zero-order valence-electron chi connectivity index (χ0n) is 14.5. The van der Waals surface area contributed by atoms with Crippen molar-refractivity contribution in [2.75, 3.05) is 6.54 Å². The van der Waals surface area contributed by atoms with Crippen LogP contribution < -0.4 is 10.6 Å². The van der Waals surface area contributed by atoms with Crippen LogP contribution in [-0.2, 0) is 11.3 Å². The number of alkyl carbamates (subject to hydrolysis) is 1. The lowest BCUT2D eigenvalue weighted by molar-refractivity contribution is 0.0507. The molecule has 124 valence electrons. The fraction of sp³-hybridized carbons (Fsp3) is 0.611. The van der Waals surface area contributed by atoms with Crippen LogP contribution in [0.2, 0.25) is 0 Å². The highest BCUT2D eigenvalue weighted by Crippen LogP contribution is 2.16. The van der Waals surface area contributed by atoms with Gasteiger partial charge in [-0.1, -0.05) is 44.2 Å². The van der Waals surface area contributed by atoms with Gasteiger partial charge >= 0.3 is 6.09 Å². The van der Waals surface area contributed by atoms with Crippen LogP contribution in [0.1, 0.15) is 53.0 Å². The molecule has 0 saturated carbocycles. The molecule has 2 N–H and O–H groups in total. The summed E-state index contributed by atoms with van der Waals surface area (Å²) in [5, 5.41) is 6.49. The number of nitrogens with one attached hydrogen (secondary N) is 2. The molecule has 1 amide bonds. The van der Waals surface area contributed by atoms with E-state index in [1.165, 1.54) is 5.56 Å². The lowest BCUT2D eigenvalue weighted by Crippen LogP contribution is -2.53. The van der Waals surface area contributed by atoms with Gasteiger partial charge in [-0.3, -0.25) is 0 Å². The van der Waals surface area contributed by atoms with E-state index in [0.29, 0.717) is 6.54 Å². The van der Waals surface area contributed by atoms with Gasteiger partial charge < -0.3 is 15.4 Å². The summed E-state index contributed by atoms with van der Waals surface area (Å²) in [7, 11) is 0. The molecular formula is C18H30N2O2. The number of rotatable bonds is 7. The molecule has 0 spiro atoms. The monoisotopic (exact) mass is 306 g/mol. The molecule has 22 heavy (non-hydrogen) atoms. The van der Waals surface area contributed by atoms with E-state index in [-0.39, 0.29) is 11.6 Å². The number of hydrogen-bond acceptors (Lipinski definition) is 3. The maximum atomic E-state index is 11.9. The Labute approximate surface area is 134 Å². The van der Waals surface area contributed by atoms with Gasteiger partial charge in [-0.15, -0.1) is 0 Å². The van der Waals surface area contributed by atoms with Crippen LogP contribution in [0.25, 0.3) is 0 Å². The molecule has 0 atom stereocenters. The van der Waals surface area contributed by atoms with E-state index in [1.54, 1.807) is 0 Å². The maximum Gasteiger partial charge on any atom is 0.407 e. The Morgan fingerprint density at radius 1 is 1.09 bits per heavy atom. The second kappa shape index (κ2) is 8.18. The first-order valence-corrected chi connectivity index (χ1v) is 8.06. The van der Waals surface area contributed by atoms with Crippen molar-refractivity contribution in [2.24, 2.45) is 0 Å². The van der Waals surface area contributed by atoms with Crippen molar-refractivity contribution < 1.29 is 9.53 Å². The van der Waals surface area contributed by atoms with Gasteiger partial charge in [-0.2, -0.15) is 0 Å². The predicted molar refractivity (Wildman–Crippen MR) is 90.8 cm³/mol. The number of carbonyl (C=O) groups is 1. The van der Waals surface area contributed by atoms with Crippen LogP contribution in [0.3, 0.4) is 0 Å². The molecule has 0 unspecified atom stereocenters. The molecule has 0 aliphatic heterocycles. The largest absolute Gasteiger partial charge is 0.444 e. The molecule has 4 nitrogen and oxygen atoms in total. The average molecular weight is 306 g/mol. The van der Waals surface area contributed by atoms with Crippen LogP contribution >= 0.6 is 0 Å². The van der Waals surface area contributed by atoms with Gasteiger partial charge in [0.05, 0.1) is 0 Å². The Hall–Kier alpha value is -1.55. The number of carbonyl (C=O) groups excluding carboxylic acids is 1. The molecule has 0 bridgehead atoms. The van der Waals surface area contributed by atoms with Crippen molar-refractivity contribution in [3.63, 3.8) is 0 Å². The molecule has 0 aromatic heterocycles. The minimum absolute atomic E-state index is 0.118. The summed E-state index contributed by atoms with van der Waals surface area (Å²) in [6.07, 6.45) is 1.51. The summed E-state index contributed by atoms with van der Waals surface area (Å²) >= 11 is 0. The van der Waals surface area contributed by atoms with Crippen molar-refractivity contribution in [1.29, 1.82) is 0 Å². The summed E-state index contributed by atoms with van der Waals surface area (Å²) in [5.41, 5.74) is 0.654. The van der Waals surface area contributed by atoms with E-state index in [4.69, 9.17) is 4.74 Å². The van der Waals surface area contributed by atoms with E-state index in [1.807, 2.05) is 39.0 Å². The molecule has 0 fully saturated rings. The van der Waals surface area contributed by atoms with Crippen LogP contribution in [0.4, 0.5) is 4.79 Å². The lowest BCUT2D eigenvalue weighted by atomic mass is 9.92. The molecule has 0 aliphatic carbocycles. The number of hydrogen-bond donors (Lipinski definition) is 2. The summed E-state index contributed by atoms with van der Waals surface area (Å²) in [5.74, 6) is 0. The van der Waals surface area contributed by atoms with Gasteiger partial charge in [0, 0.05) is 18.6 Å². The molecule has 1 aromatic rings. The summed E-state index contributed by atoms with van der Waals surface area (Å²) in [4.78, 5) is 11.9. The zero-order valence-corrected chi connectivity index (χ0v) is 14.5. The first-order chi connectivity index (χ1) is 10.3. The molecule has 0 saturated heterocycles. The number of amides is 1. The van der Waals surface area contributed by atoms with Gasteiger partial charge in [0.15, 0.2) is 0 Å². The van der Waals surface area contributed by atoms with Crippen molar-refractivity contribution in [3.8, 4) is 0 Å². The van der Waals surface area contributed by atoms with Crippen molar-refractivity contribution in [3.05, 3.63) is 35.9 Å². The first kappa shape index (κ1) is 18.5. The van der Waals surface area contributed by atoms with E-state index in [9.17, 15) is 4.79 Å². The van der Waals surface area contributed by atoms with Gasteiger partial charge in [-0.05, 0) is 39.2 Å². The number of ether oxygens (including phenoxy) is 1. The molecular weight excluding hydrogens is 276 g/mol. The van der Waals surface area contributed by atoms with Crippen LogP contribution in [-0.4, -0.2) is 23.8 Å². The highest BCUT2D eigenvalue weighted by molar-refractivity contribution is 5.67. The van der Waals surface area contributed by atoms with Gasteiger partial charge in [0.2, 0.25) is 0 Å². The van der Waals surface area contributed by atoms with E-state index < -0.39 is 5.60 Å². The minimum Gasteiger partial charge on any atom is -0.444 e. The second-order valence-electron chi connectivity index (χ2n) is 6.68. The minimum atomic E-state index is -0.470. The Balaban J connectivity index is 2.57. The summed E-state index contributed by atoms with van der Waals surface area (Å²) < 4.78 is 5.31. The van der Waals surface area contributed by atoms with Gasteiger partial charge in [0.25, 0.3) is 0 Å². The molecule has 0 aliphatic rings. The Morgan fingerprint density at radius 3 is 2.18 bits per heavy atom. The summed E-state index contributed by atoms with van der Waals surface area (Å²) in [6, 6.07) is 10.3. The summed E-state index contributed by atoms with van der Waals surface area (Å²) in [6.45, 7) is 11.2. The second-order valence-corrected chi connectivity index (χ2v) is 6.68. The molecule has 4 heteroatoms. The third kappa shape index (κ3) is 6.48. The Morgan fingerprint density at radius 2 is 1.68 bits per heavy atom. The van der Waals surface area contributed by atoms with E-state index >= 15 is 0 Å². The van der Waals surface area contributed by atoms with Crippen molar-refractivity contribution >= 4 is 6.09 Å². The molecule has 1 rings (SSSR count). The normalized spacial score (nSPS) is 12.0. The lowest BCUT2D eigenvalue weighted by Gasteiger charge is -2.34. The van der Waals surface area contributed by atoms with E-state index in [0.717, 1.165) is 19.4 Å². The average Bonchev–Trinajstić information content (AvgIpc) is 2.47. The topological polar surface area (TPSA) is 50.4 Å². The van der Waals surface area contributed by atoms with Crippen LogP contribution in [0.5, 0.6) is 0 Å². The van der Waals surface area contributed by atoms with Gasteiger partial charge in [0.1, 0.15) is 5.60 Å². The molecule has 0 heterocycles. The third-order valence-corrected chi connectivity index (χ3v) is 3.83. The molecule has 0 radical (unpaired) electrons. The Bertz CT molecular complexity index is 448. The Kier molecular flexibility index (Phi) is 6.88. The van der Waals surface area contributed by atoms with Crippen LogP contribution in [0.15, 0.2) is 30.3 Å². The van der Waals surface area contributed by atoms with E-state index in [2.05, 4.69) is 36.6 Å². The smallest absolute Gasteiger partial charge is 0.407 e. The zero-order chi connectivity index (χ0) is 16.6.